The zero-order valence-corrected chi connectivity index (χ0v) is 51.0. The van der Waals surface area contributed by atoms with Gasteiger partial charge in [0.2, 0.25) is 5.91 Å². The summed E-state index contributed by atoms with van der Waals surface area (Å²) in [5, 5.41) is 23.3. The molecule has 0 aliphatic heterocycles. The molecule has 0 aromatic heterocycles. The summed E-state index contributed by atoms with van der Waals surface area (Å²) in [5.74, 6) is -0.0593. The zero-order chi connectivity index (χ0) is 54.8. The average molecular weight is 1060 g/mol. The molecule has 1 amide bonds. The first-order valence-corrected chi connectivity index (χ1v) is 33.8. The molecule has 3 N–H and O–H groups in total. The van der Waals surface area contributed by atoms with E-state index in [9.17, 15) is 15.0 Å². The number of hydrogen-bond acceptors (Lipinski definition) is 3. The number of hydrogen-bond donors (Lipinski definition) is 3. The molecule has 76 heavy (non-hydrogen) atoms. The van der Waals surface area contributed by atoms with Crippen molar-refractivity contribution in [1.82, 2.24) is 5.32 Å². The Labute approximate surface area is 475 Å². The number of carbonyl (C=O) groups excluding carboxylic acids is 1. The lowest BCUT2D eigenvalue weighted by Crippen LogP contribution is -2.45. The standard InChI is InChI=1S/C72H131NO3/c1-3-5-7-9-11-13-15-17-19-21-23-25-27-29-30-31-32-33-34-35-36-37-38-39-40-41-42-44-46-48-50-52-54-56-58-60-62-64-66-68-72(76)73-70(69-74)71(75)67-65-63-61-59-57-55-53-51-49-47-45-43-28-26-24-22-20-18-16-14-12-10-8-6-4-2/h5,7,11,13,17,19,23,25,29-30,32-33,65,67,70-71,74-75H,3-4,6,8-10,12,14-16,18,20-22,24,26-28,31,34-64,66,68-69H2,1-2H3,(H,73,76)/b7-5-,13-11-,19-17-,25-23-,30-29-,33-32-,67-65+. The first-order chi connectivity index (χ1) is 37.7. The van der Waals surface area contributed by atoms with Gasteiger partial charge in [0.05, 0.1) is 18.8 Å². The van der Waals surface area contributed by atoms with E-state index in [-0.39, 0.29) is 12.5 Å². The smallest absolute Gasteiger partial charge is 0.220 e. The van der Waals surface area contributed by atoms with Crippen LogP contribution in [0.4, 0.5) is 0 Å². The number of allylic oxidation sites excluding steroid dienone is 13. The molecule has 442 valence electrons. The highest BCUT2D eigenvalue weighted by atomic mass is 16.3. The van der Waals surface area contributed by atoms with E-state index < -0.39 is 12.1 Å². The second-order valence-corrected chi connectivity index (χ2v) is 22.9. The van der Waals surface area contributed by atoms with Crippen LogP contribution in [0.25, 0.3) is 0 Å². The molecule has 0 saturated heterocycles. The van der Waals surface area contributed by atoms with Crippen LogP contribution in [0.5, 0.6) is 0 Å². The summed E-state index contributed by atoms with van der Waals surface area (Å²) in [6, 6.07) is -0.625. The summed E-state index contributed by atoms with van der Waals surface area (Å²) in [7, 11) is 0. The summed E-state index contributed by atoms with van der Waals surface area (Å²) in [6.07, 6.45) is 98.0. The fourth-order valence-corrected chi connectivity index (χ4v) is 10.3. The molecule has 0 radical (unpaired) electrons. The van der Waals surface area contributed by atoms with E-state index in [0.29, 0.717) is 6.42 Å². The fraction of sp³-hybridized carbons (Fsp3) is 0.792. The maximum atomic E-state index is 12.5. The molecule has 0 aliphatic rings. The van der Waals surface area contributed by atoms with Gasteiger partial charge in [0.25, 0.3) is 0 Å². The summed E-state index contributed by atoms with van der Waals surface area (Å²) in [5.41, 5.74) is 0. The molecule has 0 fully saturated rings. The second-order valence-electron chi connectivity index (χ2n) is 22.9. The number of aliphatic hydroxyl groups is 2. The van der Waals surface area contributed by atoms with Gasteiger partial charge >= 0.3 is 0 Å². The first kappa shape index (κ1) is 73.6. The summed E-state index contributed by atoms with van der Waals surface area (Å²) < 4.78 is 0. The Morgan fingerprint density at radius 1 is 0.329 bits per heavy atom. The minimum Gasteiger partial charge on any atom is -0.394 e. The molecule has 0 heterocycles. The lowest BCUT2D eigenvalue weighted by atomic mass is 10.0. The van der Waals surface area contributed by atoms with Crippen LogP contribution in [-0.4, -0.2) is 34.9 Å². The van der Waals surface area contributed by atoms with E-state index in [1.165, 1.54) is 263 Å². The third-order valence-electron chi connectivity index (χ3n) is 15.4. The molecular weight excluding hydrogens is 927 g/mol. The summed E-state index contributed by atoms with van der Waals surface area (Å²) in [4.78, 5) is 12.5. The lowest BCUT2D eigenvalue weighted by Gasteiger charge is -2.20. The molecule has 0 rings (SSSR count). The molecule has 4 heteroatoms. The van der Waals surface area contributed by atoms with Crippen LogP contribution in [-0.2, 0) is 4.79 Å². The second kappa shape index (κ2) is 66.8. The summed E-state index contributed by atoms with van der Waals surface area (Å²) in [6.45, 7) is 4.23. The third kappa shape index (κ3) is 62.4. The normalized spacial score (nSPS) is 13.3. The number of aliphatic hydroxyl groups excluding tert-OH is 2. The molecule has 0 aromatic rings. The maximum Gasteiger partial charge on any atom is 0.220 e. The van der Waals surface area contributed by atoms with Gasteiger partial charge in [-0.2, -0.15) is 0 Å². The Hall–Kier alpha value is -2.43. The van der Waals surface area contributed by atoms with Crippen molar-refractivity contribution < 1.29 is 15.0 Å². The highest BCUT2D eigenvalue weighted by Gasteiger charge is 2.18. The van der Waals surface area contributed by atoms with Crippen LogP contribution < -0.4 is 5.32 Å². The van der Waals surface area contributed by atoms with Gasteiger partial charge in [-0.1, -0.05) is 356 Å². The molecular formula is C72H131NO3. The van der Waals surface area contributed by atoms with E-state index in [1.807, 2.05) is 6.08 Å². The van der Waals surface area contributed by atoms with E-state index in [2.05, 4.69) is 92.1 Å². The highest BCUT2D eigenvalue weighted by Crippen LogP contribution is 2.18. The predicted octanol–water partition coefficient (Wildman–Crippen LogP) is 23.0. The van der Waals surface area contributed by atoms with Crippen LogP contribution >= 0.6 is 0 Å². The van der Waals surface area contributed by atoms with Crippen molar-refractivity contribution in [2.75, 3.05) is 6.61 Å². The zero-order valence-electron chi connectivity index (χ0n) is 51.0. The maximum absolute atomic E-state index is 12.5. The van der Waals surface area contributed by atoms with Gasteiger partial charge in [-0.25, -0.2) is 0 Å². The molecule has 0 aliphatic carbocycles. The van der Waals surface area contributed by atoms with Crippen molar-refractivity contribution in [3.63, 3.8) is 0 Å². The monoisotopic (exact) mass is 1060 g/mol. The Morgan fingerprint density at radius 2 is 0.579 bits per heavy atom. The Bertz CT molecular complexity index is 1340. The topological polar surface area (TPSA) is 69.6 Å². The molecule has 0 saturated carbocycles. The molecule has 0 spiro atoms. The first-order valence-electron chi connectivity index (χ1n) is 33.8. The van der Waals surface area contributed by atoms with Crippen molar-refractivity contribution in [2.45, 2.75) is 360 Å². The third-order valence-corrected chi connectivity index (χ3v) is 15.4. The van der Waals surface area contributed by atoms with E-state index in [1.54, 1.807) is 6.08 Å². The van der Waals surface area contributed by atoms with Crippen molar-refractivity contribution in [1.29, 1.82) is 0 Å². The molecule has 0 aromatic carbocycles. The van der Waals surface area contributed by atoms with Gasteiger partial charge in [-0.15, -0.1) is 0 Å². The van der Waals surface area contributed by atoms with Crippen molar-refractivity contribution in [3.8, 4) is 0 Å². The van der Waals surface area contributed by atoms with Crippen LogP contribution in [0.2, 0.25) is 0 Å². The van der Waals surface area contributed by atoms with Crippen molar-refractivity contribution in [2.24, 2.45) is 0 Å². The largest absolute Gasteiger partial charge is 0.394 e. The Balaban J connectivity index is 3.46. The van der Waals surface area contributed by atoms with Crippen LogP contribution in [0.3, 0.4) is 0 Å². The van der Waals surface area contributed by atoms with Crippen LogP contribution in [0.1, 0.15) is 348 Å². The van der Waals surface area contributed by atoms with E-state index in [4.69, 9.17) is 0 Å². The van der Waals surface area contributed by atoms with Gasteiger partial charge in [0, 0.05) is 6.42 Å². The van der Waals surface area contributed by atoms with Crippen molar-refractivity contribution >= 4 is 5.91 Å². The minimum absolute atomic E-state index is 0.0593. The number of rotatable bonds is 62. The minimum atomic E-state index is -0.842. The highest BCUT2D eigenvalue weighted by molar-refractivity contribution is 5.76. The van der Waals surface area contributed by atoms with Gasteiger partial charge in [-0.3, -0.25) is 4.79 Å². The number of amides is 1. The van der Waals surface area contributed by atoms with Gasteiger partial charge in [-0.05, 0) is 70.6 Å². The number of nitrogens with one attached hydrogen (secondary N) is 1. The molecule has 2 atom stereocenters. The number of carbonyl (C=O) groups is 1. The van der Waals surface area contributed by atoms with Crippen LogP contribution in [0, 0.1) is 0 Å². The molecule has 4 nitrogen and oxygen atoms in total. The SMILES string of the molecule is CC/C=C\C/C=C\C/C=C\C/C=C\C/C=C\C/C=C\CCCCCCCCCCCCCCCCCCCCCCC(=O)NC(CO)C(O)/C=C/CCCCCCCCCCCCCCCCCCCCCCCCC. The quantitative estimate of drug-likeness (QED) is 0.0420. The van der Waals surface area contributed by atoms with Gasteiger partial charge < -0.3 is 15.5 Å². The van der Waals surface area contributed by atoms with E-state index >= 15 is 0 Å². The Kier molecular flexibility index (Phi) is 64.7. The molecule has 0 bridgehead atoms. The molecule has 2 unspecified atom stereocenters. The van der Waals surface area contributed by atoms with E-state index in [0.717, 1.165) is 64.2 Å². The summed E-state index contributed by atoms with van der Waals surface area (Å²) >= 11 is 0. The van der Waals surface area contributed by atoms with Gasteiger partial charge in [0.15, 0.2) is 0 Å². The van der Waals surface area contributed by atoms with Gasteiger partial charge in [0.1, 0.15) is 0 Å². The average Bonchev–Trinajstić information content (AvgIpc) is 3.42. The van der Waals surface area contributed by atoms with Crippen LogP contribution in [0.15, 0.2) is 85.1 Å². The van der Waals surface area contributed by atoms with Crippen molar-refractivity contribution in [3.05, 3.63) is 85.1 Å². The Morgan fingerprint density at radius 3 is 0.868 bits per heavy atom. The fourth-order valence-electron chi connectivity index (χ4n) is 10.3. The number of unbranched alkanes of at least 4 members (excludes halogenated alkanes) is 43. The lowest BCUT2D eigenvalue weighted by molar-refractivity contribution is -0.123. The predicted molar refractivity (Wildman–Crippen MR) is 340 cm³/mol.